The fourth-order valence-corrected chi connectivity index (χ4v) is 1.82. The highest BCUT2D eigenvalue weighted by molar-refractivity contribution is 5.57. The Morgan fingerprint density at radius 2 is 2.00 bits per heavy atom. The number of hydrogen-bond acceptors (Lipinski definition) is 4. The minimum absolute atomic E-state index is 0.00652. The number of halogens is 1. The maximum Gasteiger partial charge on any atom is 0.174 e. The third-order valence-corrected chi connectivity index (χ3v) is 2.79. The maximum absolute atomic E-state index is 13.0. The molecule has 5 heteroatoms. The summed E-state index contributed by atoms with van der Waals surface area (Å²) < 4.78 is 18.3. The molecule has 0 aliphatic rings. The minimum Gasteiger partial charge on any atom is -0.479 e. The van der Waals surface area contributed by atoms with Crippen molar-refractivity contribution in [2.45, 2.75) is 6.54 Å². The Labute approximate surface area is 122 Å². The van der Waals surface area contributed by atoms with E-state index >= 15 is 0 Å². The van der Waals surface area contributed by atoms with Crippen molar-refractivity contribution >= 4 is 5.69 Å². The SMILES string of the molecule is N#CCOc1cccc(CNc2ccc(F)cc2C#N)c1. The summed E-state index contributed by atoms with van der Waals surface area (Å²) in [4.78, 5) is 0. The van der Waals surface area contributed by atoms with Crippen LogP contribution in [0.1, 0.15) is 11.1 Å². The van der Waals surface area contributed by atoms with Crippen molar-refractivity contribution in [3.05, 3.63) is 59.4 Å². The Morgan fingerprint density at radius 1 is 1.14 bits per heavy atom. The van der Waals surface area contributed by atoms with Crippen LogP contribution >= 0.6 is 0 Å². The van der Waals surface area contributed by atoms with E-state index in [2.05, 4.69) is 5.32 Å². The number of nitriles is 2. The van der Waals surface area contributed by atoms with E-state index in [0.29, 0.717) is 18.0 Å². The van der Waals surface area contributed by atoms with Crippen molar-refractivity contribution < 1.29 is 9.13 Å². The first kappa shape index (κ1) is 14.4. The van der Waals surface area contributed by atoms with Crippen LogP contribution in [0.5, 0.6) is 5.75 Å². The molecule has 1 N–H and O–H groups in total. The van der Waals surface area contributed by atoms with E-state index in [9.17, 15) is 4.39 Å². The zero-order valence-corrected chi connectivity index (χ0v) is 11.1. The summed E-state index contributed by atoms with van der Waals surface area (Å²) in [5.41, 5.74) is 1.76. The zero-order chi connectivity index (χ0) is 15.1. The topological polar surface area (TPSA) is 68.8 Å². The van der Waals surface area contributed by atoms with Crippen LogP contribution in [-0.4, -0.2) is 6.61 Å². The van der Waals surface area contributed by atoms with E-state index in [1.165, 1.54) is 18.2 Å². The lowest BCUT2D eigenvalue weighted by atomic mass is 10.1. The van der Waals surface area contributed by atoms with E-state index < -0.39 is 5.82 Å². The summed E-state index contributed by atoms with van der Waals surface area (Å²) in [6.45, 7) is 0.456. The molecule has 0 saturated carbocycles. The van der Waals surface area contributed by atoms with E-state index in [1.54, 1.807) is 12.1 Å². The Balaban J connectivity index is 2.07. The zero-order valence-electron chi connectivity index (χ0n) is 11.1. The highest BCUT2D eigenvalue weighted by Crippen LogP contribution is 2.18. The van der Waals surface area contributed by atoms with Gasteiger partial charge in [0.05, 0.1) is 11.3 Å². The van der Waals surface area contributed by atoms with Gasteiger partial charge in [0.1, 0.15) is 23.7 Å². The van der Waals surface area contributed by atoms with Crippen molar-refractivity contribution in [3.8, 4) is 17.9 Å². The van der Waals surface area contributed by atoms with Crippen LogP contribution in [0.4, 0.5) is 10.1 Å². The summed E-state index contributed by atoms with van der Waals surface area (Å²) in [5.74, 6) is 0.166. The van der Waals surface area contributed by atoms with Crippen molar-refractivity contribution in [3.63, 3.8) is 0 Å². The summed E-state index contributed by atoms with van der Waals surface area (Å²) in [6, 6.07) is 15.2. The molecule has 0 amide bonds. The van der Waals surface area contributed by atoms with E-state index in [-0.39, 0.29) is 12.2 Å². The van der Waals surface area contributed by atoms with Crippen molar-refractivity contribution in [1.29, 1.82) is 10.5 Å². The van der Waals surface area contributed by atoms with Crippen molar-refractivity contribution in [2.75, 3.05) is 11.9 Å². The summed E-state index contributed by atoms with van der Waals surface area (Å²) in [5, 5.41) is 20.5. The first-order valence-corrected chi connectivity index (χ1v) is 6.25. The molecule has 0 atom stereocenters. The third kappa shape index (κ3) is 3.95. The van der Waals surface area contributed by atoms with Gasteiger partial charge in [0.15, 0.2) is 6.61 Å². The molecule has 2 rings (SSSR count). The standard InChI is InChI=1S/C16H12FN3O/c17-14-4-5-16(13(9-14)10-19)20-11-12-2-1-3-15(8-12)21-7-6-18/h1-5,8-9,20H,7,11H2. The molecule has 2 aromatic carbocycles. The fourth-order valence-electron chi connectivity index (χ4n) is 1.82. The normalized spacial score (nSPS) is 9.48. The molecule has 0 saturated heterocycles. The van der Waals surface area contributed by atoms with Gasteiger partial charge < -0.3 is 10.1 Å². The molecule has 0 fully saturated rings. The average Bonchev–Trinajstić information content (AvgIpc) is 2.52. The van der Waals surface area contributed by atoms with Crippen LogP contribution in [-0.2, 0) is 6.54 Å². The van der Waals surface area contributed by atoms with Gasteiger partial charge in [0.2, 0.25) is 0 Å². The second-order valence-corrected chi connectivity index (χ2v) is 4.25. The second-order valence-electron chi connectivity index (χ2n) is 4.25. The summed E-state index contributed by atoms with van der Waals surface area (Å²) in [7, 11) is 0. The highest BCUT2D eigenvalue weighted by atomic mass is 19.1. The summed E-state index contributed by atoms with van der Waals surface area (Å²) >= 11 is 0. The van der Waals surface area contributed by atoms with Gasteiger partial charge in [0.25, 0.3) is 0 Å². The lowest BCUT2D eigenvalue weighted by molar-refractivity contribution is 0.368. The molecule has 104 valence electrons. The molecule has 2 aromatic rings. The van der Waals surface area contributed by atoms with Crippen LogP contribution in [0.25, 0.3) is 0 Å². The van der Waals surface area contributed by atoms with E-state index in [0.717, 1.165) is 5.56 Å². The third-order valence-electron chi connectivity index (χ3n) is 2.79. The maximum atomic E-state index is 13.0. The number of nitrogens with one attached hydrogen (secondary N) is 1. The predicted molar refractivity (Wildman–Crippen MR) is 76.0 cm³/mol. The number of ether oxygens (including phenoxy) is 1. The molecule has 0 bridgehead atoms. The van der Waals surface area contributed by atoms with Gasteiger partial charge in [-0.1, -0.05) is 12.1 Å². The Morgan fingerprint density at radius 3 is 2.76 bits per heavy atom. The largest absolute Gasteiger partial charge is 0.479 e. The molecule has 0 radical (unpaired) electrons. The lowest BCUT2D eigenvalue weighted by Gasteiger charge is -2.09. The van der Waals surface area contributed by atoms with Crippen LogP contribution in [0, 0.1) is 28.5 Å². The highest BCUT2D eigenvalue weighted by Gasteiger charge is 2.04. The lowest BCUT2D eigenvalue weighted by Crippen LogP contribution is -2.02. The number of rotatable bonds is 5. The first-order valence-electron chi connectivity index (χ1n) is 6.25. The number of hydrogen-bond donors (Lipinski definition) is 1. The molecule has 0 heterocycles. The van der Waals surface area contributed by atoms with Gasteiger partial charge in [-0.05, 0) is 35.9 Å². The van der Waals surface area contributed by atoms with Gasteiger partial charge in [-0.2, -0.15) is 10.5 Å². The molecule has 0 aliphatic heterocycles. The van der Waals surface area contributed by atoms with E-state index in [4.69, 9.17) is 15.3 Å². The number of anilines is 1. The monoisotopic (exact) mass is 281 g/mol. The number of benzene rings is 2. The Bertz CT molecular complexity index is 716. The van der Waals surface area contributed by atoms with Gasteiger partial charge >= 0.3 is 0 Å². The van der Waals surface area contributed by atoms with Crippen LogP contribution in [0.2, 0.25) is 0 Å². The Hall–Kier alpha value is -3.05. The van der Waals surface area contributed by atoms with Gasteiger partial charge in [-0.15, -0.1) is 0 Å². The molecule has 21 heavy (non-hydrogen) atoms. The Kier molecular flexibility index (Phi) is 4.74. The molecule has 4 nitrogen and oxygen atoms in total. The predicted octanol–water partition coefficient (Wildman–Crippen LogP) is 3.21. The quantitative estimate of drug-likeness (QED) is 0.913. The molecular weight excluding hydrogens is 269 g/mol. The number of nitrogens with zero attached hydrogens (tertiary/aromatic N) is 2. The van der Waals surface area contributed by atoms with E-state index in [1.807, 2.05) is 24.3 Å². The molecular formula is C16H12FN3O. The first-order chi connectivity index (χ1) is 10.2. The van der Waals surface area contributed by atoms with Crippen molar-refractivity contribution in [1.82, 2.24) is 0 Å². The average molecular weight is 281 g/mol. The molecule has 0 unspecified atom stereocenters. The minimum atomic E-state index is -0.441. The van der Waals surface area contributed by atoms with Crippen LogP contribution < -0.4 is 10.1 Å². The van der Waals surface area contributed by atoms with Gasteiger partial charge in [-0.25, -0.2) is 4.39 Å². The fraction of sp³-hybridized carbons (Fsp3) is 0.125. The molecule has 0 aromatic heterocycles. The smallest absolute Gasteiger partial charge is 0.174 e. The molecule has 0 spiro atoms. The van der Waals surface area contributed by atoms with Crippen LogP contribution in [0.15, 0.2) is 42.5 Å². The summed E-state index contributed by atoms with van der Waals surface area (Å²) in [6.07, 6.45) is 0. The van der Waals surface area contributed by atoms with Crippen LogP contribution in [0.3, 0.4) is 0 Å². The van der Waals surface area contributed by atoms with Gasteiger partial charge in [-0.3, -0.25) is 0 Å². The molecule has 0 aliphatic carbocycles. The van der Waals surface area contributed by atoms with Gasteiger partial charge in [0, 0.05) is 6.54 Å². The van der Waals surface area contributed by atoms with Crippen molar-refractivity contribution in [2.24, 2.45) is 0 Å². The second kappa shape index (κ2) is 6.93.